The van der Waals surface area contributed by atoms with E-state index in [1.165, 1.54) is 16.3 Å². The number of fused-ring (bicyclic) bond motifs is 1. The van der Waals surface area contributed by atoms with E-state index in [2.05, 4.69) is 56.4 Å². The van der Waals surface area contributed by atoms with Crippen molar-refractivity contribution in [3.05, 3.63) is 47.4 Å². The van der Waals surface area contributed by atoms with Gasteiger partial charge in [0.25, 0.3) is 0 Å². The topological polar surface area (TPSA) is 9.23 Å². The Hall–Kier alpha value is -1.06. The smallest absolute Gasteiger partial charge is 0.119 e. The van der Waals surface area contributed by atoms with Gasteiger partial charge in [0.1, 0.15) is 5.75 Å². The molecule has 2 rings (SSSR count). The molecule has 0 aliphatic carbocycles. The molecule has 2 aromatic carbocycles. The number of methoxy groups -OCH3 is 1. The molecule has 0 aliphatic heterocycles. The van der Waals surface area contributed by atoms with Crippen molar-refractivity contribution in [2.45, 2.75) is 18.6 Å². The third kappa shape index (κ3) is 3.10. The minimum absolute atomic E-state index is 0.216. The monoisotopic (exact) mass is 290 g/mol. The van der Waals surface area contributed by atoms with Gasteiger partial charge in [-0.2, -0.15) is 25.3 Å². The van der Waals surface area contributed by atoms with Crippen LogP contribution in [0.2, 0.25) is 0 Å². The lowest BCUT2D eigenvalue weighted by atomic mass is 9.99. The largest absolute Gasteiger partial charge is 0.497 e. The zero-order chi connectivity index (χ0) is 13.8. The van der Waals surface area contributed by atoms with Gasteiger partial charge >= 0.3 is 0 Å². The first kappa shape index (κ1) is 14.4. The Balaban J connectivity index is 2.47. The first-order chi connectivity index (χ1) is 9.19. The van der Waals surface area contributed by atoms with Crippen molar-refractivity contribution in [3.63, 3.8) is 0 Å². The summed E-state index contributed by atoms with van der Waals surface area (Å²) in [6.45, 7) is 2.13. The van der Waals surface area contributed by atoms with Crippen LogP contribution < -0.4 is 4.74 Å². The molecule has 0 amide bonds. The van der Waals surface area contributed by atoms with Gasteiger partial charge in [0, 0.05) is 5.25 Å². The molecule has 0 N–H and O–H groups in total. The van der Waals surface area contributed by atoms with Crippen LogP contribution in [0.5, 0.6) is 5.75 Å². The highest BCUT2D eigenvalue weighted by Crippen LogP contribution is 2.29. The highest BCUT2D eigenvalue weighted by molar-refractivity contribution is 7.84. The van der Waals surface area contributed by atoms with E-state index in [1.807, 2.05) is 17.5 Å². The zero-order valence-corrected chi connectivity index (χ0v) is 12.9. The number of thiol groups is 2. The van der Waals surface area contributed by atoms with Crippen molar-refractivity contribution in [3.8, 4) is 5.75 Å². The van der Waals surface area contributed by atoms with Gasteiger partial charge < -0.3 is 4.74 Å². The Morgan fingerprint density at radius 3 is 2.53 bits per heavy atom. The lowest BCUT2D eigenvalue weighted by Gasteiger charge is -2.14. The molecule has 0 saturated carbocycles. The van der Waals surface area contributed by atoms with Crippen LogP contribution >= 0.6 is 25.3 Å². The van der Waals surface area contributed by atoms with Crippen LogP contribution in [0, 0.1) is 0 Å². The highest BCUT2D eigenvalue weighted by atomic mass is 32.1. The van der Waals surface area contributed by atoms with Crippen LogP contribution in [-0.4, -0.2) is 12.4 Å². The van der Waals surface area contributed by atoms with Gasteiger partial charge in [-0.1, -0.05) is 25.1 Å². The van der Waals surface area contributed by atoms with E-state index in [0.717, 1.165) is 17.7 Å². The third-order valence-electron chi connectivity index (χ3n) is 3.27. The van der Waals surface area contributed by atoms with Crippen molar-refractivity contribution >= 4 is 41.6 Å². The molecule has 3 heteroatoms. The second-order valence-electron chi connectivity index (χ2n) is 4.44. The summed E-state index contributed by atoms with van der Waals surface area (Å²) in [7, 11) is 1.68. The fourth-order valence-electron chi connectivity index (χ4n) is 2.10. The highest BCUT2D eigenvalue weighted by Gasteiger charge is 2.10. The molecular weight excluding hydrogens is 272 g/mol. The van der Waals surface area contributed by atoms with Crippen LogP contribution in [0.15, 0.2) is 41.8 Å². The molecule has 100 valence electrons. The molecule has 0 bridgehead atoms. The summed E-state index contributed by atoms with van der Waals surface area (Å²) in [4.78, 5) is 0. The predicted molar refractivity (Wildman–Crippen MR) is 90.5 cm³/mol. The number of benzene rings is 2. The van der Waals surface area contributed by atoms with E-state index in [9.17, 15) is 0 Å². The van der Waals surface area contributed by atoms with Crippen LogP contribution in [-0.2, 0) is 0 Å². The molecule has 0 fully saturated rings. The maximum absolute atomic E-state index is 5.24. The summed E-state index contributed by atoms with van der Waals surface area (Å²) in [6, 6.07) is 12.5. The average molecular weight is 290 g/mol. The van der Waals surface area contributed by atoms with E-state index < -0.39 is 0 Å². The maximum Gasteiger partial charge on any atom is 0.119 e. The molecule has 0 aliphatic rings. The molecule has 0 aromatic heterocycles. The minimum Gasteiger partial charge on any atom is -0.497 e. The Bertz CT molecular complexity index is 605. The van der Waals surface area contributed by atoms with Gasteiger partial charge in [-0.3, -0.25) is 0 Å². The average Bonchev–Trinajstić information content (AvgIpc) is 2.47. The van der Waals surface area contributed by atoms with Crippen molar-refractivity contribution in [1.29, 1.82) is 0 Å². The van der Waals surface area contributed by atoms with E-state index >= 15 is 0 Å². The fraction of sp³-hybridized carbons (Fsp3) is 0.250. The molecule has 1 unspecified atom stereocenters. The van der Waals surface area contributed by atoms with E-state index in [4.69, 9.17) is 4.74 Å². The Kier molecular flexibility index (Phi) is 4.83. The van der Waals surface area contributed by atoms with Crippen LogP contribution in [0.1, 0.15) is 18.9 Å². The molecule has 0 saturated heterocycles. The predicted octanol–water partition coefficient (Wildman–Crippen LogP) is 4.83. The molecule has 0 heterocycles. The van der Waals surface area contributed by atoms with E-state index in [-0.39, 0.29) is 5.25 Å². The summed E-state index contributed by atoms with van der Waals surface area (Å²) >= 11 is 8.92. The number of rotatable bonds is 4. The lowest BCUT2D eigenvalue weighted by Crippen LogP contribution is -2.00. The summed E-state index contributed by atoms with van der Waals surface area (Å²) in [6.07, 6.45) is 0.982. The van der Waals surface area contributed by atoms with Crippen LogP contribution in [0.3, 0.4) is 0 Å². The van der Waals surface area contributed by atoms with Gasteiger partial charge in [-0.05, 0) is 51.9 Å². The first-order valence-corrected chi connectivity index (χ1v) is 7.33. The molecule has 0 radical (unpaired) electrons. The first-order valence-electron chi connectivity index (χ1n) is 6.30. The molecule has 1 atom stereocenters. The second-order valence-corrected chi connectivity index (χ2v) is 5.32. The normalized spacial score (nSPS) is 13.6. The third-order valence-corrected chi connectivity index (χ3v) is 4.19. The lowest BCUT2D eigenvalue weighted by molar-refractivity contribution is 0.415. The second kappa shape index (κ2) is 6.40. The standard InChI is InChI=1S/C16H18OS2/c1-3-16(19)15(10-18)13-5-4-12-9-14(17-2)7-6-11(12)8-13/h4-10,16,18-19H,3H2,1-2H3/b15-10-. The van der Waals surface area contributed by atoms with Crippen molar-refractivity contribution < 1.29 is 4.74 Å². The quantitative estimate of drug-likeness (QED) is 0.767. The number of hydrogen-bond donors (Lipinski definition) is 2. The summed E-state index contributed by atoms with van der Waals surface area (Å²) < 4.78 is 5.24. The van der Waals surface area contributed by atoms with Gasteiger partial charge in [0.15, 0.2) is 0 Å². The van der Waals surface area contributed by atoms with Crippen molar-refractivity contribution in [2.24, 2.45) is 0 Å². The van der Waals surface area contributed by atoms with Crippen molar-refractivity contribution in [2.75, 3.05) is 7.11 Å². The zero-order valence-electron chi connectivity index (χ0n) is 11.1. The van der Waals surface area contributed by atoms with E-state index in [1.54, 1.807) is 7.11 Å². The summed E-state index contributed by atoms with van der Waals surface area (Å²) in [5, 5.41) is 4.44. The minimum atomic E-state index is 0.216. The molecule has 19 heavy (non-hydrogen) atoms. The Morgan fingerprint density at radius 1 is 1.21 bits per heavy atom. The Labute approximate surface area is 125 Å². The number of ether oxygens (including phenoxy) is 1. The van der Waals surface area contributed by atoms with Crippen LogP contribution in [0.4, 0.5) is 0 Å². The van der Waals surface area contributed by atoms with Crippen molar-refractivity contribution in [1.82, 2.24) is 0 Å². The van der Waals surface area contributed by atoms with Crippen LogP contribution in [0.25, 0.3) is 16.3 Å². The Morgan fingerprint density at radius 2 is 1.89 bits per heavy atom. The molecule has 1 nitrogen and oxygen atoms in total. The van der Waals surface area contributed by atoms with Gasteiger partial charge in [-0.15, -0.1) is 0 Å². The maximum atomic E-state index is 5.24. The molecular formula is C16H18OS2. The van der Waals surface area contributed by atoms with Gasteiger partial charge in [0.2, 0.25) is 0 Å². The summed E-state index contributed by atoms with van der Waals surface area (Å²) in [5.41, 5.74) is 2.33. The number of hydrogen-bond acceptors (Lipinski definition) is 3. The molecule has 2 aromatic rings. The van der Waals surface area contributed by atoms with E-state index in [0.29, 0.717) is 0 Å². The summed E-state index contributed by atoms with van der Waals surface area (Å²) in [5.74, 6) is 0.880. The van der Waals surface area contributed by atoms with Gasteiger partial charge in [0.05, 0.1) is 7.11 Å². The molecule has 0 spiro atoms. The SMILES string of the molecule is CCC(S)/C(=C\S)c1ccc2cc(OC)ccc2c1. The van der Waals surface area contributed by atoms with Gasteiger partial charge in [-0.25, -0.2) is 0 Å². The fourth-order valence-corrected chi connectivity index (χ4v) is 2.77.